The molecule has 0 bridgehead atoms. The van der Waals surface area contributed by atoms with Crippen molar-refractivity contribution in [2.24, 2.45) is 0 Å². The molecule has 1 aromatic carbocycles. The fourth-order valence-electron chi connectivity index (χ4n) is 2.99. The van der Waals surface area contributed by atoms with Crippen LogP contribution in [0.1, 0.15) is 22.3 Å². The van der Waals surface area contributed by atoms with Crippen LogP contribution in [-0.4, -0.2) is 50.3 Å². The van der Waals surface area contributed by atoms with Crippen LogP contribution >= 0.6 is 11.3 Å². The number of ether oxygens (including phenoxy) is 3. The maximum atomic E-state index is 12.7. The van der Waals surface area contributed by atoms with Crippen molar-refractivity contribution in [3.8, 4) is 11.5 Å². The van der Waals surface area contributed by atoms with E-state index in [1.807, 2.05) is 12.3 Å². The maximum absolute atomic E-state index is 12.7. The molecule has 0 aliphatic carbocycles. The third-order valence-corrected chi connectivity index (χ3v) is 5.37. The molecule has 1 aliphatic rings. The summed E-state index contributed by atoms with van der Waals surface area (Å²) in [5, 5.41) is 8.64. The van der Waals surface area contributed by atoms with Crippen molar-refractivity contribution in [2.75, 3.05) is 27.4 Å². The molecule has 2 amide bonds. The van der Waals surface area contributed by atoms with E-state index in [0.717, 1.165) is 10.7 Å². The van der Waals surface area contributed by atoms with Gasteiger partial charge in [-0.15, -0.1) is 11.3 Å². The molecule has 2 atom stereocenters. The number of thiazole rings is 1. The Morgan fingerprint density at radius 1 is 1.36 bits per heavy atom. The van der Waals surface area contributed by atoms with E-state index in [9.17, 15) is 9.59 Å². The van der Waals surface area contributed by atoms with E-state index in [1.54, 1.807) is 36.6 Å². The Bertz CT molecular complexity index is 854. The summed E-state index contributed by atoms with van der Waals surface area (Å²) >= 11 is 1.57. The summed E-state index contributed by atoms with van der Waals surface area (Å²) in [5.74, 6) is 0.516. The Morgan fingerprint density at radius 2 is 2.14 bits per heavy atom. The average molecular weight is 405 g/mol. The van der Waals surface area contributed by atoms with E-state index in [1.165, 1.54) is 7.11 Å². The fraction of sp³-hybridized carbons (Fsp3) is 0.421. The molecule has 1 saturated heterocycles. The zero-order valence-electron chi connectivity index (χ0n) is 16.0. The van der Waals surface area contributed by atoms with E-state index in [0.29, 0.717) is 30.0 Å². The number of methoxy groups -OCH3 is 2. The number of benzene rings is 1. The van der Waals surface area contributed by atoms with Crippen LogP contribution in [0.4, 0.5) is 0 Å². The highest BCUT2D eigenvalue weighted by atomic mass is 32.1. The lowest BCUT2D eigenvalue weighted by Gasteiger charge is -2.32. The zero-order valence-corrected chi connectivity index (χ0v) is 16.8. The van der Waals surface area contributed by atoms with Gasteiger partial charge in [-0.2, -0.15) is 0 Å². The minimum absolute atomic E-state index is 0.159. The molecule has 0 unspecified atom stereocenters. The van der Waals surface area contributed by atoms with Crippen molar-refractivity contribution < 1.29 is 23.8 Å². The first-order valence-corrected chi connectivity index (χ1v) is 9.71. The third kappa shape index (κ3) is 4.60. The molecular formula is C19H23N3O5S. The van der Waals surface area contributed by atoms with Crippen molar-refractivity contribution >= 4 is 23.2 Å². The van der Waals surface area contributed by atoms with Crippen molar-refractivity contribution in [3.05, 3.63) is 39.8 Å². The SMILES string of the molecule is COc1ccc([C@H]2NC(=O)CO[C@@H]2C(=O)NCCc2nc(C)cs2)cc1OC. The highest BCUT2D eigenvalue weighted by Crippen LogP contribution is 2.32. The summed E-state index contributed by atoms with van der Waals surface area (Å²) in [6, 6.07) is 4.62. The van der Waals surface area contributed by atoms with Gasteiger partial charge in [0.25, 0.3) is 5.91 Å². The number of morpholine rings is 1. The molecule has 28 heavy (non-hydrogen) atoms. The van der Waals surface area contributed by atoms with Gasteiger partial charge in [-0.3, -0.25) is 9.59 Å². The number of aryl methyl sites for hydroxylation is 1. The largest absolute Gasteiger partial charge is 0.493 e. The monoisotopic (exact) mass is 405 g/mol. The maximum Gasteiger partial charge on any atom is 0.251 e. The van der Waals surface area contributed by atoms with Crippen molar-refractivity contribution in [2.45, 2.75) is 25.5 Å². The summed E-state index contributed by atoms with van der Waals surface area (Å²) in [7, 11) is 3.07. The lowest BCUT2D eigenvalue weighted by molar-refractivity contribution is -0.148. The molecule has 2 aromatic rings. The van der Waals surface area contributed by atoms with Gasteiger partial charge < -0.3 is 24.8 Å². The summed E-state index contributed by atoms with van der Waals surface area (Å²) in [6.07, 6.45) is -0.196. The molecule has 0 spiro atoms. The van der Waals surface area contributed by atoms with Gasteiger partial charge in [0.15, 0.2) is 17.6 Å². The fourth-order valence-corrected chi connectivity index (χ4v) is 3.77. The number of carbonyl (C=O) groups excluding carboxylic acids is 2. The molecule has 1 aromatic heterocycles. The highest BCUT2D eigenvalue weighted by Gasteiger charge is 2.36. The summed E-state index contributed by atoms with van der Waals surface area (Å²) in [5.41, 5.74) is 1.67. The number of hydrogen-bond donors (Lipinski definition) is 2. The van der Waals surface area contributed by atoms with E-state index < -0.39 is 12.1 Å². The molecule has 8 nitrogen and oxygen atoms in total. The second-order valence-electron chi connectivity index (χ2n) is 6.31. The third-order valence-electron chi connectivity index (χ3n) is 4.34. The Morgan fingerprint density at radius 3 is 2.82 bits per heavy atom. The number of nitrogens with one attached hydrogen (secondary N) is 2. The van der Waals surface area contributed by atoms with Crippen LogP contribution in [0.2, 0.25) is 0 Å². The molecule has 3 rings (SSSR count). The average Bonchev–Trinajstić information content (AvgIpc) is 3.12. The topological polar surface area (TPSA) is 98.8 Å². The smallest absolute Gasteiger partial charge is 0.251 e. The van der Waals surface area contributed by atoms with E-state index in [-0.39, 0.29) is 18.4 Å². The van der Waals surface area contributed by atoms with Crippen molar-refractivity contribution in [3.63, 3.8) is 0 Å². The van der Waals surface area contributed by atoms with Crippen LogP contribution in [0.15, 0.2) is 23.6 Å². The minimum Gasteiger partial charge on any atom is -0.493 e. The Balaban J connectivity index is 1.70. The summed E-state index contributed by atoms with van der Waals surface area (Å²) in [4.78, 5) is 28.9. The molecule has 1 fully saturated rings. The van der Waals surface area contributed by atoms with E-state index in [4.69, 9.17) is 14.2 Å². The van der Waals surface area contributed by atoms with E-state index >= 15 is 0 Å². The Hall–Kier alpha value is -2.65. The number of nitrogens with zero attached hydrogens (tertiary/aromatic N) is 1. The van der Waals surface area contributed by atoms with Gasteiger partial charge in [-0.25, -0.2) is 4.98 Å². The van der Waals surface area contributed by atoms with Crippen LogP contribution < -0.4 is 20.1 Å². The Labute approximate surface area is 167 Å². The van der Waals surface area contributed by atoms with Gasteiger partial charge in [0.2, 0.25) is 5.91 Å². The molecule has 2 heterocycles. The van der Waals surface area contributed by atoms with Gasteiger partial charge >= 0.3 is 0 Å². The first-order valence-electron chi connectivity index (χ1n) is 8.83. The van der Waals surface area contributed by atoms with Gasteiger partial charge in [-0.1, -0.05) is 6.07 Å². The van der Waals surface area contributed by atoms with Crippen LogP contribution in [0.3, 0.4) is 0 Å². The van der Waals surface area contributed by atoms with Crippen LogP contribution in [-0.2, 0) is 20.7 Å². The molecule has 9 heteroatoms. The predicted octanol–water partition coefficient (Wildman–Crippen LogP) is 1.38. The number of hydrogen-bond acceptors (Lipinski definition) is 7. The van der Waals surface area contributed by atoms with Gasteiger partial charge in [0.1, 0.15) is 6.61 Å². The van der Waals surface area contributed by atoms with Crippen LogP contribution in [0.25, 0.3) is 0 Å². The standard InChI is InChI=1S/C19H23N3O5S/c1-11-10-28-16(21-11)6-7-20-19(24)18-17(22-15(23)9-27-18)12-4-5-13(25-2)14(8-12)26-3/h4-5,8,10,17-18H,6-7,9H2,1-3H3,(H,20,24)(H,22,23)/t17-,18+/m1/s1. The predicted molar refractivity (Wildman–Crippen MR) is 104 cm³/mol. The van der Waals surface area contributed by atoms with E-state index in [2.05, 4.69) is 15.6 Å². The van der Waals surface area contributed by atoms with Gasteiger partial charge in [-0.05, 0) is 24.6 Å². The first kappa shape index (κ1) is 20.1. The summed E-state index contributed by atoms with van der Waals surface area (Å²) < 4.78 is 16.1. The molecule has 2 N–H and O–H groups in total. The van der Waals surface area contributed by atoms with Gasteiger partial charge in [0, 0.05) is 24.0 Å². The molecule has 1 aliphatic heterocycles. The summed E-state index contributed by atoms with van der Waals surface area (Å²) in [6.45, 7) is 2.22. The number of amides is 2. The molecule has 0 radical (unpaired) electrons. The van der Waals surface area contributed by atoms with Crippen LogP contribution in [0, 0.1) is 6.92 Å². The number of rotatable bonds is 7. The number of carbonyl (C=O) groups is 2. The quantitative estimate of drug-likeness (QED) is 0.722. The minimum atomic E-state index is -0.839. The second-order valence-corrected chi connectivity index (χ2v) is 7.26. The first-order chi connectivity index (χ1) is 13.5. The number of aromatic nitrogens is 1. The van der Waals surface area contributed by atoms with Crippen molar-refractivity contribution in [1.29, 1.82) is 0 Å². The second kappa shape index (κ2) is 9.03. The van der Waals surface area contributed by atoms with Gasteiger partial charge in [0.05, 0.1) is 25.3 Å². The molecular weight excluding hydrogens is 382 g/mol. The Kier molecular flexibility index (Phi) is 6.48. The molecule has 150 valence electrons. The normalized spacial score (nSPS) is 19.0. The lowest BCUT2D eigenvalue weighted by atomic mass is 9.98. The lowest BCUT2D eigenvalue weighted by Crippen LogP contribution is -2.52. The van der Waals surface area contributed by atoms with Crippen LogP contribution in [0.5, 0.6) is 11.5 Å². The highest BCUT2D eigenvalue weighted by molar-refractivity contribution is 7.09. The zero-order chi connectivity index (χ0) is 20.1. The van der Waals surface area contributed by atoms with Crippen molar-refractivity contribution in [1.82, 2.24) is 15.6 Å². The molecule has 0 saturated carbocycles.